The molecule has 1 aromatic rings. The van der Waals surface area contributed by atoms with Crippen LogP contribution in [0.25, 0.3) is 0 Å². The van der Waals surface area contributed by atoms with E-state index in [1.165, 1.54) is 0 Å². The quantitative estimate of drug-likeness (QED) is 0.836. The first-order valence-electron chi connectivity index (χ1n) is 7.84. The average molecular weight is 290 g/mol. The summed E-state index contributed by atoms with van der Waals surface area (Å²) in [6.07, 6.45) is 2.04. The summed E-state index contributed by atoms with van der Waals surface area (Å²) < 4.78 is 5.42. The number of benzene rings is 1. The maximum Gasteiger partial charge on any atom is 0.225 e. The zero-order chi connectivity index (χ0) is 15.2. The first kappa shape index (κ1) is 15.7. The Labute approximate surface area is 127 Å². The molecule has 0 spiro atoms. The minimum Gasteiger partial charge on any atom is -0.495 e. The minimum absolute atomic E-state index is 0.146. The SMILES string of the molecule is CCC[C@@H](C)C(=O)N1CCN(c2ccccc2OC)CC1. The first-order valence-corrected chi connectivity index (χ1v) is 7.84. The van der Waals surface area contributed by atoms with Gasteiger partial charge in [-0.1, -0.05) is 32.4 Å². The average Bonchev–Trinajstić information content (AvgIpc) is 2.54. The maximum atomic E-state index is 12.3. The number of carbonyl (C=O) groups is 1. The summed E-state index contributed by atoms with van der Waals surface area (Å²) in [5.41, 5.74) is 1.12. The van der Waals surface area contributed by atoms with E-state index in [4.69, 9.17) is 4.74 Å². The van der Waals surface area contributed by atoms with E-state index in [1.54, 1.807) is 7.11 Å². The third-order valence-corrected chi connectivity index (χ3v) is 4.16. The third kappa shape index (κ3) is 3.69. The molecule has 1 saturated heterocycles. The fourth-order valence-electron chi connectivity index (χ4n) is 2.93. The molecule has 1 fully saturated rings. The van der Waals surface area contributed by atoms with Crippen LogP contribution < -0.4 is 9.64 Å². The molecule has 0 bridgehead atoms. The predicted octanol–water partition coefficient (Wildman–Crippen LogP) is 2.78. The van der Waals surface area contributed by atoms with E-state index in [2.05, 4.69) is 17.9 Å². The molecule has 1 heterocycles. The van der Waals surface area contributed by atoms with Gasteiger partial charge >= 0.3 is 0 Å². The Balaban J connectivity index is 1.95. The Kier molecular flexibility index (Phi) is 5.48. The molecule has 1 amide bonds. The second-order valence-corrected chi connectivity index (χ2v) is 5.67. The van der Waals surface area contributed by atoms with Gasteiger partial charge in [-0.15, -0.1) is 0 Å². The monoisotopic (exact) mass is 290 g/mol. The summed E-state index contributed by atoms with van der Waals surface area (Å²) in [5.74, 6) is 1.35. The summed E-state index contributed by atoms with van der Waals surface area (Å²) in [6, 6.07) is 8.07. The fourth-order valence-corrected chi connectivity index (χ4v) is 2.93. The van der Waals surface area contributed by atoms with E-state index in [0.717, 1.165) is 50.5 Å². The van der Waals surface area contributed by atoms with Crippen LogP contribution in [0.15, 0.2) is 24.3 Å². The van der Waals surface area contributed by atoms with Crippen molar-refractivity contribution in [2.75, 3.05) is 38.2 Å². The highest BCUT2D eigenvalue weighted by Crippen LogP contribution is 2.28. The van der Waals surface area contributed by atoms with Gasteiger partial charge in [0.25, 0.3) is 0 Å². The van der Waals surface area contributed by atoms with Crippen molar-refractivity contribution in [3.05, 3.63) is 24.3 Å². The number of nitrogens with zero attached hydrogens (tertiary/aromatic N) is 2. The van der Waals surface area contributed by atoms with Gasteiger partial charge in [0.2, 0.25) is 5.91 Å². The lowest BCUT2D eigenvalue weighted by Crippen LogP contribution is -2.50. The second kappa shape index (κ2) is 7.34. The number of hydrogen-bond donors (Lipinski definition) is 0. The second-order valence-electron chi connectivity index (χ2n) is 5.67. The van der Waals surface area contributed by atoms with Crippen molar-refractivity contribution in [2.45, 2.75) is 26.7 Å². The van der Waals surface area contributed by atoms with Crippen molar-refractivity contribution >= 4 is 11.6 Å². The summed E-state index contributed by atoms with van der Waals surface area (Å²) in [4.78, 5) is 16.6. The number of methoxy groups -OCH3 is 1. The number of ether oxygens (including phenoxy) is 1. The van der Waals surface area contributed by atoms with Gasteiger partial charge in [0, 0.05) is 32.1 Å². The van der Waals surface area contributed by atoms with Gasteiger partial charge in [0.1, 0.15) is 5.75 Å². The van der Waals surface area contributed by atoms with Crippen LogP contribution in [0.4, 0.5) is 5.69 Å². The highest BCUT2D eigenvalue weighted by molar-refractivity contribution is 5.78. The minimum atomic E-state index is 0.146. The molecule has 2 rings (SSSR count). The number of rotatable bonds is 5. The number of hydrogen-bond acceptors (Lipinski definition) is 3. The van der Waals surface area contributed by atoms with Crippen molar-refractivity contribution in [3.63, 3.8) is 0 Å². The van der Waals surface area contributed by atoms with Crippen molar-refractivity contribution in [2.24, 2.45) is 5.92 Å². The highest BCUT2D eigenvalue weighted by Gasteiger charge is 2.25. The Morgan fingerprint density at radius 2 is 1.90 bits per heavy atom. The smallest absolute Gasteiger partial charge is 0.225 e. The van der Waals surface area contributed by atoms with Gasteiger partial charge in [-0.05, 0) is 18.6 Å². The molecule has 4 nitrogen and oxygen atoms in total. The van der Waals surface area contributed by atoms with Crippen molar-refractivity contribution in [1.82, 2.24) is 4.90 Å². The Morgan fingerprint density at radius 3 is 2.52 bits per heavy atom. The molecule has 4 heteroatoms. The van der Waals surface area contributed by atoms with Gasteiger partial charge in [0.15, 0.2) is 0 Å². The van der Waals surface area contributed by atoms with Gasteiger partial charge in [-0.2, -0.15) is 0 Å². The Morgan fingerprint density at radius 1 is 1.24 bits per heavy atom. The lowest BCUT2D eigenvalue weighted by atomic mass is 10.0. The molecule has 1 atom stereocenters. The van der Waals surface area contributed by atoms with Gasteiger partial charge in [-0.3, -0.25) is 4.79 Å². The summed E-state index contributed by atoms with van der Waals surface area (Å²) in [7, 11) is 1.70. The fraction of sp³-hybridized carbons (Fsp3) is 0.588. The summed E-state index contributed by atoms with van der Waals surface area (Å²) in [5, 5.41) is 0. The highest BCUT2D eigenvalue weighted by atomic mass is 16.5. The number of anilines is 1. The van der Waals surface area contributed by atoms with Crippen LogP contribution in [0.1, 0.15) is 26.7 Å². The van der Waals surface area contributed by atoms with E-state index in [-0.39, 0.29) is 5.92 Å². The van der Waals surface area contributed by atoms with E-state index >= 15 is 0 Å². The summed E-state index contributed by atoms with van der Waals surface area (Å²) in [6.45, 7) is 7.49. The molecule has 0 aromatic heterocycles. The van der Waals surface area contributed by atoms with Crippen LogP contribution in [-0.2, 0) is 4.79 Å². The maximum absolute atomic E-state index is 12.3. The molecule has 1 aliphatic rings. The van der Waals surface area contributed by atoms with Gasteiger partial charge in [0.05, 0.1) is 12.8 Å². The molecule has 0 radical (unpaired) electrons. The molecule has 0 saturated carbocycles. The molecule has 1 aliphatic heterocycles. The summed E-state index contributed by atoms with van der Waals surface area (Å²) >= 11 is 0. The number of amides is 1. The lowest BCUT2D eigenvalue weighted by molar-refractivity contribution is -0.135. The molecular weight excluding hydrogens is 264 g/mol. The van der Waals surface area contributed by atoms with E-state index in [1.807, 2.05) is 30.0 Å². The van der Waals surface area contributed by atoms with Crippen LogP contribution in [0.2, 0.25) is 0 Å². The normalized spacial score (nSPS) is 16.7. The number of para-hydroxylation sites is 2. The van der Waals surface area contributed by atoms with Gasteiger partial charge < -0.3 is 14.5 Å². The van der Waals surface area contributed by atoms with Crippen LogP contribution >= 0.6 is 0 Å². The molecule has 0 aliphatic carbocycles. The first-order chi connectivity index (χ1) is 10.2. The van der Waals surface area contributed by atoms with Crippen LogP contribution in [0.3, 0.4) is 0 Å². The zero-order valence-electron chi connectivity index (χ0n) is 13.3. The predicted molar refractivity (Wildman–Crippen MR) is 85.9 cm³/mol. The molecule has 116 valence electrons. The van der Waals surface area contributed by atoms with Crippen LogP contribution in [-0.4, -0.2) is 44.1 Å². The van der Waals surface area contributed by atoms with Crippen molar-refractivity contribution in [3.8, 4) is 5.75 Å². The Bertz CT molecular complexity index is 468. The molecular formula is C17H26N2O2. The molecule has 21 heavy (non-hydrogen) atoms. The van der Waals surface area contributed by atoms with Crippen molar-refractivity contribution < 1.29 is 9.53 Å². The van der Waals surface area contributed by atoms with Crippen LogP contribution in [0, 0.1) is 5.92 Å². The lowest BCUT2D eigenvalue weighted by Gasteiger charge is -2.37. The zero-order valence-corrected chi connectivity index (χ0v) is 13.3. The number of piperazine rings is 1. The van der Waals surface area contributed by atoms with E-state index < -0.39 is 0 Å². The number of carbonyl (C=O) groups excluding carboxylic acids is 1. The third-order valence-electron chi connectivity index (χ3n) is 4.16. The molecule has 0 unspecified atom stereocenters. The van der Waals surface area contributed by atoms with Crippen molar-refractivity contribution in [1.29, 1.82) is 0 Å². The largest absolute Gasteiger partial charge is 0.495 e. The van der Waals surface area contributed by atoms with E-state index in [0.29, 0.717) is 5.91 Å². The molecule has 0 N–H and O–H groups in total. The van der Waals surface area contributed by atoms with E-state index in [9.17, 15) is 4.79 Å². The van der Waals surface area contributed by atoms with Gasteiger partial charge in [-0.25, -0.2) is 0 Å². The standard InChI is InChI=1S/C17H26N2O2/c1-4-7-14(2)17(20)19-12-10-18(11-13-19)15-8-5-6-9-16(15)21-3/h5-6,8-9,14H,4,7,10-13H2,1-3H3/t14-/m1/s1. The van der Waals surface area contributed by atoms with Crippen LogP contribution in [0.5, 0.6) is 5.75 Å². The topological polar surface area (TPSA) is 32.8 Å². The Hall–Kier alpha value is -1.71. The molecule has 1 aromatic carbocycles.